The van der Waals surface area contributed by atoms with Gasteiger partial charge in [0.1, 0.15) is 0 Å². The third-order valence-electron chi connectivity index (χ3n) is 7.25. The van der Waals surface area contributed by atoms with Crippen molar-refractivity contribution < 1.29 is 19.8 Å². The molecule has 202 valence electrons. The minimum atomic E-state index is -1.05. The van der Waals surface area contributed by atoms with Crippen molar-refractivity contribution >= 4 is 58.3 Å². The second-order valence-corrected chi connectivity index (χ2v) is 9.91. The molecule has 0 unspecified atom stereocenters. The number of carbonyl (C=O) groups is 2. The van der Waals surface area contributed by atoms with Crippen LogP contribution in [0.4, 0.5) is 0 Å². The molecule has 8 nitrogen and oxygen atoms in total. The van der Waals surface area contributed by atoms with E-state index in [0.29, 0.717) is 44.7 Å². The molecule has 2 aliphatic heterocycles. The van der Waals surface area contributed by atoms with E-state index in [1.54, 1.807) is 48.5 Å². The molecule has 0 fully saturated rings. The second kappa shape index (κ2) is 9.87. The Labute approximate surface area is 239 Å². The first-order valence-electron chi connectivity index (χ1n) is 13.2. The van der Waals surface area contributed by atoms with Crippen molar-refractivity contribution in [2.24, 2.45) is 0 Å². The Balaban J connectivity index is 1.67. The highest BCUT2D eigenvalue weighted by molar-refractivity contribution is 6.04. The minimum absolute atomic E-state index is 0.138. The number of benzene rings is 2. The molecule has 5 heterocycles. The van der Waals surface area contributed by atoms with Crippen LogP contribution in [0.2, 0.25) is 0 Å². The summed E-state index contributed by atoms with van der Waals surface area (Å²) >= 11 is 0. The monoisotopic (exact) mass is 550 g/mol. The van der Waals surface area contributed by atoms with E-state index in [1.807, 2.05) is 60.7 Å². The average molecular weight is 551 g/mol. The molecule has 0 spiro atoms. The topological polar surface area (TPSA) is 132 Å². The number of fused-ring (bicyclic) bond motifs is 8. The number of carboxylic acid groups (broad SMARTS) is 2. The van der Waals surface area contributed by atoms with E-state index in [9.17, 15) is 19.8 Å². The Hall–Kier alpha value is -6.02. The SMILES string of the molecule is O=C(O)c1ccccc1-c1c2nc(c(-c3ccccc3C(=O)O)c3ccc(cc4nc(cc5ccc1[nH]5)C=C4)[nH]3)C=C2. The number of hydrogen-bond donors (Lipinski definition) is 4. The first-order chi connectivity index (χ1) is 20.4. The van der Waals surface area contributed by atoms with Gasteiger partial charge in [0, 0.05) is 44.3 Å². The molecule has 0 amide bonds. The maximum Gasteiger partial charge on any atom is 0.336 e. The fraction of sp³-hybridized carbons (Fsp3) is 0. The quantitative estimate of drug-likeness (QED) is 0.181. The number of aromatic amines is 2. The predicted molar refractivity (Wildman–Crippen MR) is 164 cm³/mol. The van der Waals surface area contributed by atoms with Gasteiger partial charge in [0.05, 0.1) is 33.9 Å². The average Bonchev–Trinajstić information content (AvgIpc) is 3.80. The Morgan fingerprint density at radius 1 is 0.548 bits per heavy atom. The summed E-state index contributed by atoms with van der Waals surface area (Å²) in [6.07, 6.45) is 7.50. The molecule has 0 atom stereocenters. The number of aromatic carboxylic acids is 2. The molecule has 7 rings (SSSR count). The number of H-pyrrole nitrogens is 2. The predicted octanol–water partition coefficient (Wildman–Crippen LogP) is 7.39. The summed E-state index contributed by atoms with van der Waals surface area (Å²) in [4.78, 5) is 41.1. The number of hydrogen-bond acceptors (Lipinski definition) is 4. The number of rotatable bonds is 4. The molecule has 0 radical (unpaired) electrons. The maximum atomic E-state index is 12.3. The van der Waals surface area contributed by atoms with Crippen LogP contribution in [0, 0.1) is 0 Å². The Morgan fingerprint density at radius 3 is 1.45 bits per heavy atom. The third kappa shape index (κ3) is 4.37. The fourth-order valence-electron chi connectivity index (χ4n) is 5.42. The summed E-state index contributed by atoms with van der Waals surface area (Å²) in [5.74, 6) is -2.11. The van der Waals surface area contributed by atoms with Crippen LogP contribution in [0.5, 0.6) is 0 Å². The molecule has 5 aromatic rings. The van der Waals surface area contributed by atoms with E-state index in [2.05, 4.69) is 9.97 Å². The molecule has 42 heavy (non-hydrogen) atoms. The zero-order chi connectivity index (χ0) is 28.8. The first-order valence-corrected chi connectivity index (χ1v) is 13.2. The van der Waals surface area contributed by atoms with Crippen LogP contribution in [-0.4, -0.2) is 42.1 Å². The van der Waals surface area contributed by atoms with Crippen LogP contribution in [0.1, 0.15) is 43.5 Å². The Kier molecular flexibility index (Phi) is 5.87. The molecule has 0 saturated carbocycles. The molecule has 2 aliphatic rings. The van der Waals surface area contributed by atoms with Crippen molar-refractivity contribution in [2.75, 3.05) is 0 Å². The van der Waals surface area contributed by atoms with Gasteiger partial charge in [-0.15, -0.1) is 0 Å². The lowest BCUT2D eigenvalue weighted by molar-refractivity contribution is 0.0687. The van der Waals surface area contributed by atoms with Crippen molar-refractivity contribution in [1.29, 1.82) is 0 Å². The van der Waals surface area contributed by atoms with E-state index in [-0.39, 0.29) is 11.1 Å². The van der Waals surface area contributed by atoms with E-state index in [0.717, 1.165) is 22.4 Å². The van der Waals surface area contributed by atoms with Crippen molar-refractivity contribution in [3.8, 4) is 22.3 Å². The van der Waals surface area contributed by atoms with Gasteiger partial charge in [-0.05, 0) is 72.8 Å². The highest BCUT2D eigenvalue weighted by Crippen LogP contribution is 2.36. The molecule has 3 aromatic heterocycles. The molecule has 8 bridgehead atoms. The highest BCUT2D eigenvalue weighted by atomic mass is 16.4. The van der Waals surface area contributed by atoms with Gasteiger partial charge in [-0.1, -0.05) is 36.4 Å². The second-order valence-electron chi connectivity index (χ2n) is 9.91. The van der Waals surface area contributed by atoms with Crippen molar-refractivity contribution in [2.45, 2.75) is 0 Å². The largest absolute Gasteiger partial charge is 0.478 e. The Bertz CT molecular complexity index is 2020. The molecular formula is C34H22N4O4. The van der Waals surface area contributed by atoms with Gasteiger partial charge in [-0.25, -0.2) is 19.6 Å². The molecule has 0 saturated heterocycles. The van der Waals surface area contributed by atoms with Crippen LogP contribution in [-0.2, 0) is 0 Å². The summed E-state index contributed by atoms with van der Waals surface area (Å²) in [5.41, 5.74) is 8.04. The van der Waals surface area contributed by atoms with Crippen molar-refractivity contribution in [1.82, 2.24) is 19.9 Å². The summed E-state index contributed by atoms with van der Waals surface area (Å²) in [5, 5.41) is 20.1. The van der Waals surface area contributed by atoms with Gasteiger partial charge in [0.25, 0.3) is 0 Å². The molecule has 8 heteroatoms. The van der Waals surface area contributed by atoms with Crippen molar-refractivity contribution in [3.63, 3.8) is 0 Å². The zero-order valence-electron chi connectivity index (χ0n) is 22.0. The minimum Gasteiger partial charge on any atom is -0.478 e. The molecule has 4 N–H and O–H groups in total. The lowest BCUT2D eigenvalue weighted by Crippen LogP contribution is -2.01. The van der Waals surface area contributed by atoms with Gasteiger partial charge in [-0.2, -0.15) is 0 Å². The van der Waals surface area contributed by atoms with Crippen LogP contribution in [0.15, 0.2) is 84.9 Å². The van der Waals surface area contributed by atoms with Crippen LogP contribution < -0.4 is 0 Å². The zero-order valence-corrected chi connectivity index (χ0v) is 22.0. The molecular weight excluding hydrogens is 528 g/mol. The van der Waals surface area contributed by atoms with Gasteiger partial charge in [0.15, 0.2) is 0 Å². The van der Waals surface area contributed by atoms with Gasteiger partial charge in [0.2, 0.25) is 0 Å². The lowest BCUT2D eigenvalue weighted by Gasteiger charge is -2.09. The Morgan fingerprint density at radius 2 is 1.00 bits per heavy atom. The summed E-state index contributed by atoms with van der Waals surface area (Å²) < 4.78 is 0. The van der Waals surface area contributed by atoms with E-state index >= 15 is 0 Å². The number of nitrogens with zero attached hydrogens (tertiary/aromatic N) is 2. The smallest absolute Gasteiger partial charge is 0.336 e. The van der Waals surface area contributed by atoms with Gasteiger partial charge >= 0.3 is 11.9 Å². The van der Waals surface area contributed by atoms with E-state index < -0.39 is 11.9 Å². The third-order valence-corrected chi connectivity index (χ3v) is 7.25. The normalized spacial score (nSPS) is 12.0. The van der Waals surface area contributed by atoms with Gasteiger partial charge in [-0.3, -0.25) is 0 Å². The summed E-state index contributed by atoms with van der Waals surface area (Å²) in [7, 11) is 0. The number of aromatic nitrogens is 4. The van der Waals surface area contributed by atoms with Crippen LogP contribution in [0.25, 0.3) is 68.6 Å². The maximum absolute atomic E-state index is 12.3. The fourth-order valence-corrected chi connectivity index (χ4v) is 5.42. The molecule has 0 aliphatic carbocycles. The lowest BCUT2D eigenvalue weighted by atomic mass is 9.98. The first kappa shape index (κ1) is 25.0. The van der Waals surface area contributed by atoms with Gasteiger partial charge < -0.3 is 20.2 Å². The van der Waals surface area contributed by atoms with E-state index in [4.69, 9.17) is 9.97 Å². The van der Waals surface area contributed by atoms with Crippen molar-refractivity contribution in [3.05, 3.63) is 119 Å². The van der Waals surface area contributed by atoms with Crippen LogP contribution >= 0.6 is 0 Å². The molecule has 2 aromatic carbocycles. The number of nitrogens with one attached hydrogen (secondary N) is 2. The standard InChI is InChI=1S/C34H22N4O4/c39-33(40)25-7-3-1-5-23(25)31-27-13-11-21(36-27)17-19-9-10-20(35-19)18-22-12-14-28(37-22)32(30-16-15-29(31)38-30)24-6-2-4-8-26(24)34(41)42/h1-18,36-37H,(H,39,40)(H,41,42). The van der Waals surface area contributed by atoms with E-state index in [1.165, 1.54) is 0 Å². The number of carboxylic acids is 2. The summed E-state index contributed by atoms with van der Waals surface area (Å²) in [6.45, 7) is 0. The summed E-state index contributed by atoms with van der Waals surface area (Å²) in [6, 6.07) is 25.1. The van der Waals surface area contributed by atoms with Crippen LogP contribution in [0.3, 0.4) is 0 Å². The highest BCUT2D eigenvalue weighted by Gasteiger charge is 2.21.